The van der Waals surface area contributed by atoms with Crippen LogP contribution in [0.15, 0.2) is 47.6 Å². The Bertz CT molecular complexity index is 792. The number of rotatable bonds is 11. The Hall–Kier alpha value is -3.22. The highest BCUT2D eigenvalue weighted by Gasteiger charge is 2.07. The van der Waals surface area contributed by atoms with Gasteiger partial charge in [-0.3, -0.25) is 4.79 Å². The Balaban J connectivity index is 1.90. The topological polar surface area (TPSA) is 78.4 Å². The van der Waals surface area contributed by atoms with Crippen molar-refractivity contribution in [1.29, 1.82) is 0 Å². The van der Waals surface area contributed by atoms with E-state index >= 15 is 0 Å². The van der Waals surface area contributed by atoms with Crippen molar-refractivity contribution in [3.63, 3.8) is 0 Å². The second kappa shape index (κ2) is 11.5. The molecule has 0 aliphatic rings. The molecule has 0 aromatic heterocycles. The summed E-state index contributed by atoms with van der Waals surface area (Å²) in [5, 5.41) is 3.96. The molecule has 0 aliphatic carbocycles. The van der Waals surface area contributed by atoms with E-state index < -0.39 is 0 Å². The van der Waals surface area contributed by atoms with Crippen molar-refractivity contribution in [2.24, 2.45) is 5.10 Å². The van der Waals surface area contributed by atoms with Gasteiger partial charge >= 0.3 is 0 Å². The van der Waals surface area contributed by atoms with E-state index in [1.54, 1.807) is 25.3 Å². The average Bonchev–Trinajstić information content (AvgIpc) is 2.72. The largest absolute Gasteiger partial charge is 0.493 e. The number of nitrogens with zero attached hydrogens (tertiary/aromatic N) is 1. The third-order valence-electron chi connectivity index (χ3n) is 3.56. The Labute approximate surface area is 165 Å². The normalized spacial score (nSPS) is 10.5. The molecule has 28 heavy (non-hydrogen) atoms. The van der Waals surface area contributed by atoms with Crippen molar-refractivity contribution in [2.75, 3.05) is 26.9 Å². The summed E-state index contributed by atoms with van der Waals surface area (Å²) in [6.07, 6.45) is 2.45. The maximum absolute atomic E-state index is 11.9. The van der Waals surface area contributed by atoms with Gasteiger partial charge in [-0.1, -0.05) is 19.1 Å². The lowest BCUT2D eigenvalue weighted by Gasteiger charge is -2.11. The molecule has 0 unspecified atom stereocenters. The van der Waals surface area contributed by atoms with Crippen LogP contribution in [0.1, 0.15) is 25.8 Å². The van der Waals surface area contributed by atoms with Crippen LogP contribution in [0.25, 0.3) is 0 Å². The molecule has 2 aromatic rings. The van der Waals surface area contributed by atoms with E-state index in [0.717, 1.165) is 12.0 Å². The van der Waals surface area contributed by atoms with E-state index in [1.807, 2.05) is 38.1 Å². The van der Waals surface area contributed by atoms with E-state index in [4.69, 9.17) is 18.9 Å². The van der Waals surface area contributed by atoms with Crippen molar-refractivity contribution in [3.05, 3.63) is 48.0 Å². The van der Waals surface area contributed by atoms with Gasteiger partial charge in [-0.2, -0.15) is 5.10 Å². The lowest BCUT2D eigenvalue weighted by molar-refractivity contribution is -0.123. The quantitative estimate of drug-likeness (QED) is 0.473. The monoisotopic (exact) mass is 386 g/mol. The van der Waals surface area contributed by atoms with Crippen molar-refractivity contribution >= 4 is 12.1 Å². The van der Waals surface area contributed by atoms with E-state index in [1.165, 1.54) is 6.21 Å². The number of nitrogens with one attached hydrogen (secondary N) is 1. The molecule has 0 saturated carbocycles. The number of methoxy groups -OCH3 is 1. The maximum Gasteiger partial charge on any atom is 0.277 e. The van der Waals surface area contributed by atoms with Gasteiger partial charge in [0.25, 0.3) is 5.91 Å². The highest BCUT2D eigenvalue weighted by molar-refractivity contribution is 5.83. The number of ether oxygens (including phenoxy) is 4. The summed E-state index contributed by atoms with van der Waals surface area (Å²) in [5.74, 6) is 2.01. The lowest BCUT2D eigenvalue weighted by Crippen LogP contribution is -2.24. The molecule has 0 atom stereocenters. The van der Waals surface area contributed by atoms with Gasteiger partial charge < -0.3 is 18.9 Å². The van der Waals surface area contributed by atoms with Crippen molar-refractivity contribution in [2.45, 2.75) is 20.3 Å². The number of hydrazone groups is 1. The van der Waals surface area contributed by atoms with Gasteiger partial charge in [-0.05, 0) is 49.2 Å². The molecule has 0 radical (unpaired) electrons. The maximum atomic E-state index is 11.9. The molecule has 7 heteroatoms. The first-order valence-corrected chi connectivity index (χ1v) is 9.15. The third-order valence-corrected chi connectivity index (χ3v) is 3.56. The Morgan fingerprint density at radius 1 is 1.00 bits per heavy atom. The number of carbonyl (C=O) groups is 1. The molecule has 1 N–H and O–H groups in total. The van der Waals surface area contributed by atoms with Crippen molar-refractivity contribution in [1.82, 2.24) is 5.43 Å². The Morgan fingerprint density at radius 2 is 1.75 bits per heavy atom. The first kappa shape index (κ1) is 21.1. The second-order valence-corrected chi connectivity index (χ2v) is 5.72. The first-order valence-electron chi connectivity index (χ1n) is 9.15. The second-order valence-electron chi connectivity index (χ2n) is 5.72. The zero-order chi connectivity index (χ0) is 20.2. The van der Waals surface area contributed by atoms with Crippen LogP contribution in [0.4, 0.5) is 0 Å². The van der Waals surface area contributed by atoms with Gasteiger partial charge in [0.1, 0.15) is 0 Å². The van der Waals surface area contributed by atoms with Gasteiger partial charge in [-0.25, -0.2) is 5.43 Å². The molecule has 0 fully saturated rings. The van der Waals surface area contributed by atoms with Crippen LogP contribution in [-0.2, 0) is 4.79 Å². The summed E-state index contributed by atoms with van der Waals surface area (Å²) in [7, 11) is 1.54. The summed E-state index contributed by atoms with van der Waals surface area (Å²) in [6.45, 7) is 4.93. The summed E-state index contributed by atoms with van der Waals surface area (Å²) >= 11 is 0. The summed E-state index contributed by atoms with van der Waals surface area (Å²) in [5.41, 5.74) is 3.21. The van der Waals surface area contributed by atoms with Gasteiger partial charge in [0.15, 0.2) is 29.6 Å². The molecule has 0 heterocycles. The summed E-state index contributed by atoms with van der Waals surface area (Å²) in [4.78, 5) is 11.9. The molecule has 150 valence electrons. The van der Waals surface area contributed by atoms with Gasteiger partial charge in [0.05, 0.1) is 26.5 Å². The third kappa shape index (κ3) is 6.50. The van der Waals surface area contributed by atoms with Crippen LogP contribution in [0, 0.1) is 0 Å². The zero-order valence-corrected chi connectivity index (χ0v) is 16.4. The molecular weight excluding hydrogens is 360 g/mol. The van der Waals surface area contributed by atoms with E-state index in [2.05, 4.69) is 10.5 Å². The molecule has 0 bridgehead atoms. The molecule has 0 aliphatic heterocycles. The number of amides is 1. The smallest absolute Gasteiger partial charge is 0.277 e. The Morgan fingerprint density at radius 3 is 2.46 bits per heavy atom. The average molecular weight is 386 g/mol. The minimum absolute atomic E-state index is 0.175. The first-order chi connectivity index (χ1) is 13.7. The molecule has 0 saturated heterocycles. The summed E-state index contributed by atoms with van der Waals surface area (Å²) in [6, 6.07) is 12.6. The van der Waals surface area contributed by atoms with Crippen LogP contribution in [0.5, 0.6) is 23.0 Å². The van der Waals surface area contributed by atoms with Crippen molar-refractivity contribution < 1.29 is 23.7 Å². The number of hydrogen-bond donors (Lipinski definition) is 1. The van der Waals surface area contributed by atoms with Crippen LogP contribution in [-0.4, -0.2) is 39.1 Å². The predicted octanol–water partition coefficient (Wildman–Crippen LogP) is 3.41. The number of benzene rings is 2. The zero-order valence-electron chi connectivity index (χ0n) is 16.4. The predicted molar refractivity (Wildman–Crippen MR) is 108 cm³/mol. The highest BCUT2D eigenvalue weighted by Crippen LogP contribution is 2.28. The number of carbonyl (C=O) groups excluding carboxylic acids is 1. The molecule has 0 spiro atoms. The van der Waals surface area contributed by atoms with Gasteiger partial charge in [0.2, 0.25) is 0 Å². The highest BCUT2D eigenvalue weighted by atomic mass is 16.5. The van der Waals surface area contributed by atoms with Gasteiger partial charge in [-0.15, -0.1) is 0 Å². The minimum atomic E-state index is -0.380. The van der Waals surface area contributed by atoms with Crippen LogP contribution >= 0.6 is 0 Å². The minimum Gasteiger partial charge on any atom is -0.493 e. The molecule has 7 nitrogen and oxygen atoms in total. The molecule has 1 amide bonds. The fourth-order valence-electron chi connectivity index (χ4n) is 2.30. The molecule has 2 rings (SSSR count). The van der Waals surface area contributed by atoms with E-state index in [0.29, 0.717) is 36.2 Å². The number of hydrogen-bond acceptors (Lipinski definition) is 6. The molecular formula is C21H26N2O5. The van der Waals surface area contributed by atoms with E-state index in [9.17, 15) is 4.79 Å². The summed E-state index contributed by atoms with van der Waals surface area (Å²) < 4.78 is 21.9. The Kier molecular flexibility index (Phi) is 8.65. The standard InChI is InChI=1S/C21H26N2O5/c1-4-12-27-19-11-10-16(13-20(19)26-5-2)14-22-23-21(24)15-28-18-9-7-6-8-17(18)25-3/h6-11,13-14H,4-5,12,15H2,1-3H3,(H,23,24)/b22-14+. The van der Waals surface area contributed by atoms with Gasteiger partial charge in [0, 0.05) is 0 Å². The van der Waals surface area contributed by atoms with Crippen LogP contribution in [0.2, 0.25) is 0 Å². The van der Waals surface area contributed by atoms with Crippen molar-refractivity contribution in [3.8, 4) is 23.0 Å². The lowest BCUT2D eigenvalue weighted by atomic mass is 10.2. The van der Waals surface area contributed by atoms with Crippen LogP contribution < -0.4 is 24.4 Å². The molecule has 2 aromatic carbocycles. The van der Waals surface area contributed by atoms with E-state index in [-0.39, 0.29) is 12.5 Å². The fraction of sp³-hybridized carbons (Fsp3) is 0.333. The SMILES string of the molecule is CCCOc1ccc(/C=N/NC(=O)COc2ccccc2OC)cc1OCC. The fourth-order valence-corrected chi connectivity index (χ4v) is 2.30. The van der Waals surface area contributed by atoms with Crippen LogP contribution in [0.3, 0.4) is 0 Å². The number of para-hydroxylation sites is 2.